The Morgan fingerprint density at radius 3 is 2.81 bits per heavy atom. The minimum absolute atomic E-state index is 0.138. The Morgan fingerprint density at radius 1 is 1.33 bits per heavy atom. The highest BCUT2D eigenvalue weighted by atomic mass is 32.2. The van der Waals surface area contributed by atoms with Crippen LogP contribution in [0.4, 0.5) is 0 Å². The highest BCUT2D eigenvalue weighted by molar-refractivity contribution is 7.99. The normalized spacial score (nSPS) is 19.9. The van der Waals surface area contributed by atoms with E-state index < -0.39 is 0 Å². The number of carbonyl (C=O) groups excluding carboxylic acids is 1. The first-order valence-corrected chi connectivity index (χ1v) is 10.0. The molecular weight excluding hydrogens is 362 g/mol. The smallest absolute Gasteiger partial charge is 0.272 e. The molecule has 7 nitrogen and oxygen atoms in total. The quantitative estimate of drug-likeness (QED) is 0.701. The van der Waals surface area contributed by atoms with Crippen LogP contribution in [-0.4, -0.2) is 36.9 Å². The second-order valence-corrected chi connectivity index (χ2v) is 8.23. The van der Waals surface area contributed by atoms with E-state index in [0.29, 0.717) is 22.4 Å². The number of hydrogen-bond acceptors (Lipinski definition) is 5. The average molecular weight is 385 g/mol. The summed E-state index contributed by atoms with van der Waals surface area (Å²) in [6.07, 6.45) is 7.89. The van der Waals surface area contributed by atoms with Gasteiger partial charge in [0.1, 0.15) is 11.5 Å². The lowest BCUT2D eigenvalue weighted by Gasteiger charge is -2.28. The van der Waals surface area contributed by atoms with Crippen LogP contribution in [0.15, 0.2) is 40.2 Å². The highest BCUT2D eigenvalue weighted by Crippen LogP contribution is 2.32. The van der Waals surface area contributed by atoms with Gasteiger partial charge < -0.3 is 14.3 Å². The molecule has 142 valence electrons. The van der Waals surface area contributed by atoms with Crippen LogP contribution in [0.5, 0.6) is 0 Å². The number of imidazole rings is 1. The van der Waals surface area contributed by atoms with Crippen molar-refractivity contribution in [3.05, 3.63) is 42.0 Å². The van der Waals surface area contributed by atoms with Gasteiger partial charge in [0.25, 0.3) is 5.91 Å². The summed E-state index contributed by atoms with van der Waals surface area (Å²) in [5, 5.41) is 11.7. The van der Waals surface area contributed by atoms with Gasteiger partial charge in [-0.2, -0.15) is 5.10 Å². The monoisotopic (exact) mass is 385 g/mol. The molecule has 4 rings (SSSR count). The number of nitrogens with zero attached hydrogens (tertiary/aromatic N) is 3. The summed E-state index contributed by atoms with van der Waals surface area (Å²) >= 11 is 1.83. The van der Waals surface area contributed by atoms with E-state index >= 15 is 0 Å². The number of aromatic amines is 1. The Morgan fingerprint density at radius 2 is 2.15 bits per heavy atom. The van der Waals surface area contributed by atoms with Gasteiger partial charge in [0.05, 0.1) is 0 Å². The number of rotatable bonds is 5. The molecule has 0 aromatic carbocycles. The van der Waals surface area contributed by atoms with Crippen LogP contribution >= 0.6 is 11.8 Å². The zero-order valence-corrected chi connectivity index (χ0v) is 16.3. The number of aryl methyl sites for hydroxylation is 2. The van der Waals surface area contributed by atoms with Crippen molar-refractivity contribution in [1.82, 2.24) is 25.1 Å². The number of thioether (sulfide) groups is 1. The van der Waals surface area contributed by atoms with Crippen molar-refractivity contribution in [2.24, 2.45) is 7.05 Å². The van der Waals surface area contributed by atoms with Gasteiger partial charge in [0.15, 0.2) is 16.6 Å². The lowest BCUT2D eigenvalue weighted by Crippen LogP contribution is -2.38. The summed E-state index contributed by atoms with van der Waals surface area (Å²) in [5.74, 6) is 1.37. The van der Waals surface area contributed by atoms with Gasteiger partial charge in [0.2, 0.25) is 0 Å². The number of amides is 1. The molecule has 0 bridgehead atoms. The van der Waals surface area contributed by atoms with Crippen molar-refractivity contribution in [1.29, 1.82) is 0 Å². The topological polar surface area (TPSA) is 88.7 Å². The second kappa shape index (κ2) is 7.64. The molecule has 3 aromatic rings. The number of furan rings is 1. The number of nitrogens with one attached hydrogen (secondary N) is 2. The van der Waals surface area contributed by atoms with Crippen molar-refractivity contribution >= 4 is 17.7 Å². The number of H-pyrrole nitrogens is 1. The third-order valence-electron chi connectivity index (χ3n) is 4.87. The standard InChI is InChI=1S/C19H23N5O2S/c1-12-3-8-17(26-12)15-11-16(23-22-15)18(25)21-13-4-6-14(7-5-13)27-19-20-9-10-24(19)2/h3,8-11,13-14H,4-7H2,1-2H3,(H,21,25)(H,22,23). The molecule has 27 heavy (non-hydrogen) atoms. The van der Waals surface area contributed by atoms with Crippen LogP contribution in [0.1, 0.15) is 41.9 Å². The van der Waals surface area contributed by atoms with E-state index in [1.807, 2.05) is 54.8 Å². The van der Waals surface area contributed by atoms with E-state index in [9.17, 15) is 4.79 Å². The Labute approximate surface area is 161 Å². The molecule has 1 saturated carbocycles. The molecule has 0 atom stereocenters. The fraction of sp³-hybridized carbons (Fsp3) is 0.421. The number of aromatic nitrogens is 4. The molecule has 2 N–H and O–H groups in total. The van der Waals surface area contributed by atoms with Crippen LogP contribution in [0, 0.1) is 6.92 Å². The molecule has 1 aliphatic rings. The molecule has 3 heterocycles. The zero-order chi connectivity index (χ0) is 18.8. The van der Waals surface area contributed by atoms with Crippen LogP contribution in [0.3, 0.4) is 0 Å². The van der Waals surface area contributed by atoms with E-state index in [1.165, 1.54) is 0 Å². The lowest BCUT2D eigenvalue weighted by atomic mass is 9.95. The first kappa shape index (κ1) is 17.9. The van der Waals surface area contributed by atoms with E-state index in [1.54, 1.807) is 6.07 Å². The van der Waals surface area contributed by atoms with Gasteiger partial charge in [0, 0.05) is 36.8 Å². The van der Waals surface area contributed by atoms with Crippen molar-refractivity contribution in [2.45, 2.75) is 49.1 Å². The van der Waals surface area contributed by atoms with E-state index in [-0.39, 0.29) is 11.9 Å². The Hall–Kier alpha value is -2.48. The van der Waals surface area contributed by atoms with Crippen LogP contribution < -0.4 is 5.32 Å². The molecule has 1 amide bonds. The van der Waals surface area contributed by atoms with Gasteiger partial charge in [-0.1, -0.05) is 11.8 Å². The summed E-state index contributed by atoms with van der Waals surface area (Å²) in [7, 11) is 2.02. The second-order valence-electron chi connectivity index (χ2n) is 6.96. The molecule has 1 fully saturated rings. The first-order chi connectivity index (χ1) is 13.1. The van der Waals surface area contributed by atoms with Crippen molar-refractivity contribution < 1.29 is 9.21 Å². The third kappa shape index (κ3) is 4.10. The maximum absolute atomic E-state index is 12.5. The SMILES string of the molecule is Cc1ccc(-c2cc(C(=O)NC3CCC(Sc4nccn4C)CC3)n[nH]2)o1. The maximum Gasteiger partial charge on any atom is 0.272 e. The van der Waals surface area contributed by atoms with Crippen LogP contribution in [-0.2, 0) is 7.05 Å². The summed E-state index contributed by atoms with van der Waals surface area (Å²) in [6, 6.07) is 5.68. The summed E-state index contributed by atoms with van der Waals surface area (Å²) in [4.78, 5) is 16.9. The van der Waals surface area contributed by atoms with E-state index in [0.717, 1.165) is 36.6 Å². The lowest BCUT2D eigenvalue weighted by molar-refractivity contribution is 0.0923. The third-order valence-corrected chi connectivity index (χ3v) is 6.28. The first-order valence-electron chi connectivity index (χ1n) is 9.15. The number of carbonyl (C=O) groups is 1. The molecule has 0 unspecified atom stereocenters. The summed E-state index contributed by atoms with van der Waals surface area (Å²) < 4.78 is 7.61. The minimum Gasteiger partial charge on any atom is -0.460 e. The zero-order valence-electron chi connectivity index (χ0n) is 15.4. The van der Waals surface area contributed by atoms with Crippen molar-refractivity contribution in [2.75, 3.05) is 0 Å². The molecular formula is C19H23N5O2S. The maximum atomic E-state index is 12.5. The molecule has 0 spiro atoms. The molecule has 0 aliphatic heterocycles. The molecule has 3 aromatic heterocycles. The van der Waals surface area contributed by atoms with E-state index in [4.69, 9.17) is 4.42 Å². The van der Waals surface area contributed by atoms with Gasteiger partial charge in [-0.3, -0.25) is 9.89 Å². The van der Waals surface area contributed by atoms with Crippen LogP contribution in [0.2, 0.25) is 0 Å². The molecule has 0 radical (unpaired) electrons. The average Bonchev–Trinajstić information content (AvgIpc) is 3.38. The molecule has 1 aliphatic carbocycles. The Balaban J connectivity index is 1.29. The molecule has 0 saturated heterocycles. The van der Waals surface area contributed by atoms with E-state index in [2.05, 4.69) is 20.5 Å². The molecule has 8 heteroatoms. The number of hydrogen-bond donors (Lipinski definition) is 2. The van der Waals surface area contributed by atoms with Crippen LogP contribution in [0.25, 0.3) is 11.5 Å². The minimum atomic E-state index is -0.138. The van der Waals surface area contributed by atoms with Gasteiger partial charge >= 0.3 is 0 Å². The summed E-state index contributed by atoms with van der Waals surface area (Å²) in [6.45, 7) is 1.88. The largest absolute Gasteiger partial charge is 0.460 e. The predicted molar refractivity (Wildman–Crippen MR) is 104 cm³/mol. The summed E-state index contributed by atoms with van der Waals surface area (Å²) in [5.41, 5.74) is 1.10. The Kier molecular flexibility index (Phi) is 5.07. The van der Waals surface area contributed by atoms with Crippen molar-refractivity contribution in [3.63, 3.8) is 0 Å². The van der Waals surface area contributed by atoms with Crippen molar-refractivity contribution in [3.8, 4) is 11.5 Å². The van der Waals surface area contributed by atoms with Gasteiger partial charge in [-0.05, 0) is 44.7 Å². The fourth-order valence-electron chi connectivity index (χ4n) is 3.34. The predicted octanol–water partition coefficient (Wildman–Crippen LogP) is 3.54. The Bertz CT molecular complexity index is 920. The van der Waals surface area contributed by atoms with Gasteiger partial charge in [-0.15, -0.1) is 0 Å². The van der Waals surface area contributed by atoms with Gasteiger partial charge in [-0.25, -0.2) is 4.98 Å². The fourth-order valence-corrected chi connectivity index (χ4v) is 4.50. The highest BCUT2D eigenvalue weighted by Gasteiger charge is 2.25.